The molecule has 0 fully saturated rings. The molecule has 0 amide bonds. The summed E-state index contributed by atoms with van der Waals surface area (Å²) in [6.07, 6.45) is 0. The van der Waals surface area contributed by atoms with Crippen LogP contribution in [-0.2, 0) is 6.61 Å². The van der Waals surface area contributed by atoms with Gasteiger partial charge in [-0.1, -0.05) is 42.5 Å². The van der Waals surface area contributed by atoms with Crippen molar-refractivity contribution in [2.24, 2.45) is 0 Å². The lowest BCUT2D eigenvalue weighted by Crippen LogP contribution is -1.99. The van der Waals surface area contributed by atoms with E-state index in [1.807, 2.05) is 48.5 Å². The van der Waals surface area contributed by atoms with E-state index in [9.17, 15) is 8.78 Å². The van der Waals surface area contributed by atoms with Gasteiger partial charge in [0.25, 0.3) is 0 Å². The summed E-state index contributed by atoms with van der Waals surface area (Å²) in [7, 11) is 0. The number of fused-ring (bicyclic) bond motifs is 1. The van der Waals surface area contributed by atoms with Crippen molar-refractivity contribution >= 4 is 11.0 Å². The number of para-hydroxylation sites is 3. The number of nitrogens with zero attached hydrogens (tertiary/aromatic N) is 1. The molecule has 0 saturated carbocycles. The first kappa shape index (κ1) is 15.3. The number of rotatable bonds is 4. The minimum absolute atomic E-state index is 0.0816. The summed E-state index contributed by atoms with van der Waals surface area (Å²) in [5, 5.41) is 0. The second-order valence-corrected chi connectivity index (χ2v) is 5.64. The molecule has 25 heavy (non-hydrogen) atoms. The predicted octanol–water partition coefficient (Wildman–Crippen LogP) is 5.09. The Bertz CT molecular complexity index is 972. The molecular weight excluding hydrogens is 322 g/mol. The van der Waals surface area contributed by atoms with Crippen LogP contribution in [0.4, 0.5) is 8.78 Å². The third-order valence-electron chi connectivity index (χ3n) is 3.92. The van der Waals surface area contributed by atoms with Gasteiger partial charge in [0.1, 0.15) is 12.4 Å². The van der Waals surface area contributed by atoms with Crippen LogP contribution in [0.2, 0.25) is 0 Å². The molecule has 1 heterocycles. The highest BCUT2D eigenvalue weighted by Gasteiger charge is 2.10. The van der Waals surface area contributed by atoms with Gasteiger partial charge >= 0.3 is 0 Å². The van der Waals surface area contributed by atoms with Crippen LogP contribution in [0.15, 0.2) is 66.7 Å². The lowest BCUT2D eigenvalue weighted by Gasteiger charge is -2.08. The van der Waals surface area contributed by atoms with Gasteiger partial charge in [0, 0.05) is 5.56 Å². The minimum atomic E-state index is -0.709. The third-order valence-corrected chi connectivity index (χ3v) is 3.92. The molecule has 0 spiro atoms. The Balaban J connectivity index is 1.52. The van der Waals surface area contributed by atoms with Crippen LogP contribution in [0, 0.1) is 11.6 Å². The molecule has 0 atom stereocenters. The molecule has 4 rings (SSSR count). The van der Waals surface area contributed by atoms with Crippen LogP contribution in [0.25, 0.3) is 22.4 Å². The molecule has 0 radical (unpaired) electrons. The molecule has 0 aliphatic rings. The molecule has 1 N–H and O–H groups in total. The second-order valence-electron chi connectivity index (χ2n) is 5.64. The Morgan fingerprint density at radius 1 is 0.840 bits per heavy atom. The van der Waals surface area contributed by atoms with E-state index in [4.69, 9.17) is 4.74 Å². The van der Waals surface area contributed by atoms with Gasteiger partial charge in [-0.15, -0.1) is 0 Å². The first-order valence-electron chi connectivity index (χ1n) is 7.81. The molecule has 0 aliphatic heterocycles. The number of halogens is 2. The predicted molar refractivity (Wildman–Crippen MR) is 92.2 cm³/mol. The molecule has 1 aromatic heterocycles. The largest absolute Gasteiger partial charge is 0.483 e. The maximum Gasteiger partial charge on any atom is 0.191 e. The fourth-order valence-electron chi connectivity index (χ4n) is 2.62. The topological polar surface area (TPSA) is 37.9 Å². The van der Waals surface area contributed by atoms with Crippen molar-refractivity contribution in [1.82, 2.24) is 9.97 Å². The molecule has 3 aromatic carbocycles. The molecule has 0 aliphatic carbocycles. The number of nitrogens with one attached hydrogen (secondary N) is 1. The number of hydrogen-bond donors (Lipinski definition) is 1. The zero-order valence-electron chi connectivity index (χ0n) is 13.2. The Labute approximate surface area is 142 Å². The molecule has 0 unspecified atom stereocenters. The van der Waals surface area contributed by atoms with Crippen molar-refractivity contribution < 1.29 is 13.5 Å². The molecule has 124 valence electrons. The van der Waals surface area contributed by atoms with Gasteiger partial charge in [-0.2, -0.15) is 0 Å². The summed E-state index contributed by atoms with van der Waals surface area (Å²) >= 11 is 0. The second kappa shape index (κ2) is 6.36. The zero-order chi connectivity index (χ0) is 17.2. The highest BCUT2D eigenvalue weighted by atomic mass is 19.1. The summed E-state index contributed by atoms with van der Waals surface area (Å²) < 4.78 is 32.4. The van der Waals surface area contributed by atoms with E-state index < -0.39 is 11.6 Å². The van der Waals surface area contributed by atoms with E-state index >= 15 is 0 Å². The summed E-state index contributed by atoms with van der Waals surface area (Å²) in [5.74, 6) is -1.00. The lowest BCUT2D eigenvalue weighted by atomic mass is 10.1. The number of H-pyrrole nitrogens is 1. The Morgan fingerprint density at radius 3 is 2.28 bits per heavy atom. The first-order chi connectivity index (χ1) is 12.2. The van der Waals surface area contributed by atoms with Crippen molar-refractivity contribution in [3.63, 3.8) is 0 Å². The average Bonchev–Trinajstić information content (AvgIpc) is 3.06. The van der Waals surface area contributed by atoms with Crippen molar-refractivity contribution in [2.75, 3.05) is 0 Å². The minimum Gasteiger partial charge on any atom is -0.483 e. The first-order valence-corrected chi connectivity index (χ1v) is 7.81. The Hall–Kier alpha value is -3.21. The number of benzene rings is 3. The van der Waals surface area contributed by atoms with Crippen molar-refractivity contribution in [3.8, 4) is 17.1 Å². The van der Waals surface area contributed by atoms with Crippen LogP contribution >= 0.6 is 0 Å². The van der Waals surface area contributed by atoms with E-state index in [1.165, 1.54) is 18.2 Å². The SMILES string of the molecule is Fc1cccc(F)c1OCc1ccc(-c2nc3ccccc3[nH]2)cc1. The van der Waals surface area contributed by atoms with Crippen molar-refractivity contribution in [1.29, 1.82) is 0 Å². The maximum absolute atomic E-state index is 13.6. The van der Waals surface area contributed by atoms with Gasteiger partial charge in [0.15, 0.2) is 17.4 Å². The van der Waals surface area contributed by atoms with E-state index in [0.717, 1.165) is 28.0 Å². The molecule has 3 nitrogen and oxygen atoms in total. The molecule has 0 saturated heterocycles. The number of aromatic nitrogens is 2. The monoisotopic (exact) mass is 336 g/mol. The number of aromatic amines is 1. The Morgan fingerprint density at radius 2 is 1.56 bits per heavy atom. The van der Waals surface area contributed by atoms with Crippen LogP contribution in [0.1, 0.15) is 5.56 Å². The standard InChI is InChI=1S/C20H14F2N2O/c21-15-4-3-5-16(22)19(15)25-12-13-8-10-14(11-9-13)20-23-17-6-1-2-7-18(17)24-20/h1-11H,12H2,(H,23,24). The smallest absolute Gasteiger partial charge is 0.191 e. The van der Waals surface area contributed by atoms with Gasteiger partial charge in [-0.25, -0.2) is 13.8 Å². The van der Waals surface area contributed by atoms with E-state index in [0.29, 0.717) is 0 Å². The quantitative estimate of drug-likeness (QED) is 0.564. The highest BCUT2D eigenvalue weighted by Crippen LogP contribution is 2.23. The van der Waals surface area contributed by atoms with E-state index in [2.05, 4.69) is 9.97 Å². The van der Waals surface area contributed by atoms with E-state index in [1.54, 1.807) is 0 Å². The summed E-state index contributed by atoms with van der Waals surface area (Å²) in [6, 6.07) is 18.9. The summed E-state index contributed by atoms with van der Waals surface area (Å²) in [4.78, 5) is 7.81. The fourth-order valence-corrected chi connectivity index (χ4v) is 2.62. The number of imidazole rings is 1. The van der Waals surface area contributed by atoms with Crippen LogP contribution in [-0.4, -0.2) is 9.97 Å². The van der Waals surface area contributed by atoms with Crippen molar-refractivity contribution in [2.45, 2.75) is 6.61 Å². The number of ether oxygens (including phenoxy) is 1. The molecule has 5 heteroatoms. The normalized spacial score (nSPS) is 11.0. The van der Waals surface area contributed by atoms with Crippen LogP contribution in [0.5, 0.6) is 5.75 Å². The summed E-state index contributed by atoms with van der Waals surface area (Å²) in [5.41, 5.74) is 3.61. The van der Waals surface area contributed by atoms with Gasteiger partial charge in [0.2, 0.25) is 0 Å². The van der Waals surface area contributed by atoms with E-state index in [-0.39, 0.29) is 12.4 Å². The lowest BCUT2D eigenvalue weighted by molar-refractivity contribution is 0.274. The fraction of sp³-hybridized carbons (Fsp3) is 0.0500. The maximum atomic E-state index is 13.6. The van der Waals surface area contributed by atoms with Gasteiger partial charge < -0.3 is 9.72 Å². The third kappa shape index (κ3) is 3.08. The van der Waals surface area contributed by atoms with Crippen molar-refractivity contribution in [3.05, 3.63) is 83.9 Å². The average molecular weight is 336 g/mol. The molecule has 0 bridgehead atoms. The van der Waals surface area contributed by atoms with Crippen LogP contribution in [0.3, 0.4) is 0 Å². The summed E-state index contributed by atoms with van der Waals surface area (Å²) in [6.45, 7) is 0.0816. The van der Waals surface area contributed by atoms with Gasteiger partial charge in [-0.3, -0.25) is 0 Å². The highest BCUT2D eigenvalue weighted by molar-refractivity contribution is 5.79. The zero-order valence-corrected chi connectivity index (χ0v) is 13.2. The van der Waals surface area contributed by atoms with Gasteiger partial charge in [0.05, 0.1) is 11.0 Å². The van der Waals surface area contributed by atoms with Crippen LogP contribution < -0.4 is 4.74 Å². The molecule has 4 aromatic rings. The Kier molecular flexibility index (Phi) is 3.90. The number of hydrogen-bond acceptors (Lipinski definition) is 2. The van der Waals surface area contributed by atoms with Gasteiger partial charge in [-0.05, 0) is 29.8 Å². The molecular formula is C20H14F2N2O.